The first kappa shape index (κ1) is 13.8. The number of nitrogens with one attached hydrogen (secondary N) is 1. The van der Waals surface area contributed by atoms with Crippen molar-refractivity contribution in [2.24, 2.45) is 4.99 Å². The topological polar surface area (TPSA) is 36.9 Å². The predicted octanol–water partition coefficient (Wildman–Crippen LogP) is 3.72. The highest BCUT2D eigenvalue weighted by Gasteiger charge is 2.19. The Bertz CT molecular complexity index is 739. The van der Waals surface area contributed by atoms with Gasteiger partial charge in [0, 0.05) is 42.6 Å². The third-order valence-corrected chi connectivity index (χ3v) is 4.47. The van der Waals surface area contributed by atoms with E-state index in [0.717, 1.165) is 53.4 Å². The van der Waals surface area contributed by atoms with Gasteiger partial charge in [0.05, 0.1) is 5.56 Å². The molecular weight excluding hydrogens is 342 g/mol. The van der Waals surface area contributed by atoms with Crippen molar-refractivity contribution in [1.29, 1.82) is 0 Å². The van der Waals surface area contributed by atoms with E-state index in [4.69, 9.17) is 4.74 Å². The normalized spacial score (nSPS) is 16.5. The smallest absolute Gasteiger partial charge is 0.153 e. The molecule has 0 unspecified atom stereocenters. The highest BCUT2D eigenvalue weighted by Crippen LogP contribution is 2.40. The lowest BCUT2D eigenvalue weighted by molar-refractivity contribution is 0.484. The van der Waals surface area contributed by atoms with Crippen molar-refractivity contribution in [3.05, 3.63) is 46.4 Å². The lowest BCUT2D eigenvalue weighted by Crippen LogP contribution is -2.43. The SMILES string of the molecule is Brc1ccc2c(c1)N=Cc1c(cccc1N1CCNCC1)O2. The van der Waals surface area contributed by atoms with Gasteiger partial charge in [0.2, 0.25) is 0 Å². The van der Waals surface area contributed by atoms with Crippen LogP contribution >= 0.6 is 15.9 Å². The molecule has 4 nitrogen and oxygen atoms in total. The molecule has 0 radical (unpaired) electrons. The van der Waals surface area contributed by atoms with Gasteiger partial charge < -0.3 is 15.0 Å². The summed E-state index contributed by atoms with van der Waals surface area (Å²) >= 11 is 3.48. The molecule has 0 aliphatic carbocycles. The third-order valence-electron chi connectivity index (χ3n) is 3.97. The van der Waals surface area contributed by atoms with Crippen molar-refractivity contribution < 1.29 is 4.74 Å². The number of fused-ring (bicyclic) bond motifs is 2. The second-order valence-electron chi connectivity index (χ2n) is 5.40. The zero-order valence-corrected chi connectivity index (χ0v) is 13.6. The Morgan fingerprint density at radius 3 is 2.82 bits per heavy atom. The van der Waals surface area contributed by atoms with Gasteiger partial charge >= 0.3 is 0 Å². The summed E-state index contributed by atoms with van der Waals surface area (Å²) in [5, 5.41) is 3.39. The Morgan fingerprint density at radius 2 is 1.95 bits per heavy atom. The van der Waals surface area contributed by atoms with Crippen molar-refractivity contribution in [3.8, 4) is 11.5 Å². The van der Waals surface area contributed by atoms with Gasteiger partial charge in [-0.15, -0.1) is 0 Å². The molecule has 2 aliphatic heterocycles. The van der Waals surface area contributed by atoms with Crippen LogP contribution in [0.15, 0.2) is 45.9 Å². The average molecular weight is 358 g/mol. The van der Waals surface area contributed by atoms with Crippen molar-refractivity contribution in [2.45, 2.75) is 0 Å². The number of benzene rings is 2. The van der Waals surface area contributed by atoms with Crippen LogP contribution in [0.2, 0.25) is 0 Å². The molecule has 0 atom stereocenters. The number of anilines is 1. The number of nitrogens with zero attached hydrogens (tertiary/aromatic N) is 2. The standard InChI is InChI=1S/C17H16BrN3O/c18-12-4-5-17-14(10-12)20-11-13-15(2-1-3-16(13)22-17)21-8-6-19-7-9-21/h1-5,10-11,19H,6-9H2. The maximum atomic E-state index is 6.10. The van der Waals surface area contributed by atoms with Gasteiger partial charge in [0.25, 0.3) is 0 Å². The van der Waals surface area contributed by atoms with Crippen LogP contribution < -0.4 is 15.0 Å². The molecule has 0 aromatic heterocycles. The quantitative estimate of drug-likeness (QED) is 0.721. The Kier molecular flexibility index (Phi) is 3.60. The van der Waals surface area contributed by atoms with Crippen LogP contribution in [0.25, 0.3) is 0 Å². The molecule has 1 saturated heterocycles. The molecule has 2 aromatic rings. The highest BCUT2D eigenvalue weighted by molar-refractivity contribution is 9.10. The van der Waals surface area contributed by atoms with Crippen molar-refractivity contribution in [3.63, 3.8) is 0 Å². The minimum Gasteiger partial charge on any atom is -0.454 e. The number of aliphatic imine (C=N–C) groups is 1. The van der Waals surface area contributed by atoms with Crippen LogP contribution in [0.3, 0.4) is 0 Å². The Balaban J connectivity index is 1.78. The summed E-state index contributed by atoms with van der Waals surface area (Å²) in [7, 11) is 0. The molecule has 0 saturated carbocycles. The van der Waals surface area contributed by atoms with E-state index < -0.39 is 0 Å². The summed E-state index contributed by atoms with van der Waals surface area (Å²) in [6.07, 6.45) is 1.92. The number of hydrogen-bond donors (Lipinski definition) is 1. The summed E-state index contributed by atoms with van der Waals surface area (Å²) in [4.78, 5) is 7.01. The van der Waals surface area contributed by atoms with Gasteiger partial charge in [0.15, 0.2) is 5.75 Å². The number of halogens is 1. The zero-order chi connectivity index (χ0) is 14.9. The van der Waals surface area contributed by atoms with Gasteiger partial charge in [0.1, 0.15) is 11.4 Å². The van der Waals surface area contributed by atoms with Crippen LogP contribution in [0.4, 0.5) is 11.4 Å². The average Bonchev–Trinajstić information content (AvgIpc) is 2.74. The molecule has 2 heterocycles. The monoisotopic (exact) mass is 357 g/mol. The van der Waals surface area contributed by atoms with Crippen molar-refractivity contribution in [2.75, 3.05) is 31.1 Å². The fraction of sp³-hybridized carbons (Fsp3) is 0.235. The van der Waals surface area contributed by atoms with E-state index in [9.17, 15) is 0 Å². The second-order valence-corrected chi connectivity index (χ2v) is 6.31. The summed E-state index contributed by atoms with van der Waals surface area (Å²) in [5.41, 5.74) is 3.09. The lowest BCUT2D eigenvalue weighted by atomic mass is 10.1. The zero-order valence-electron chi connectivity index (χ0n) is 12.1. The maximum absolute atomic E-state index is 6.10. The third kappa shape index (κ3) is 2.51. The molecule has 1 fully saturated rings. The van der Waals surface area contributed by atoms with Gasteiger partial charge in [-0.05, 0) is 30.3 Å². The van der Waals surface area contributed by atoms with Crippen LogP contribution in [-0.4, -0.2) is 32.4 Å². The van der Waals surface area contributed by atoms with Gasteiger partial charge in [-0.25, -0.2) is 0 Å². The first-order valence-corrected chi connectivity index (χ1v) is 8.21. The van der Waals surface area contributed by atoms with Crippen molar-refractivity contribution in [1.82, 2.24) is 5.32 Å². The van der Waals surface area contributed by atoms with Crippen LogP contribution in [0.1, 0.15) is 5.56 Å². The predicted molar refractivity (Wildman–Crippen MR) is 93.0 cm³/mol. The van der Waals surface area contributed by atoms with E-state index in [-0.39, 0.29) is 0 Å². The number of piperazine rings is 1. The molecule has 5 heteroatoms. The van der Waals surface area contributed by atoms with E-state index in [1.165, 1.54) is 5.69 Å². The molecule has 2 aromatic carbocycles. The Hall–Kier alpha value is -1.85. The van der Waals surface area contributed by atoms with E-state index >= 15 is 0 Å². The second kappa shape index (κ2) is 5.74. The highest BCUT2D eigenvalue weighted by atomic mass is 79.9. The molecule has 0 bridgehead atoms. The molecule has 22 heavy (non-hydrogen) atoms. The van der Waals surface area contributed by atoms with Crippen LogP contribution in [-0.2, 0) is 0 Å². The fourth-order valence-corrected chi connectivity index (χ4v) is 3.21. The molecule has 2 aliphatic rings. The van der Waals surface area contributed by atoms with E-state index in [1.54, 1.807) is 0 Å². The number of hydrogen-bond acceptors (Lipinski definition) is 4. The molecule has 0 spiro atoms. The van der Waals surface area contributed by atoms with E-state index in [1.807, 2.05) is 36.5 Å². The summed E-state index contributed by atoms with van der Waals surface area (Å²) < 4.78 is 7.10. The first-order chi connectivity index (χ1) is 10.8. The van der Waals surface area contributed by atoms with Gasteiger partial charge in [-0.3, -0.25) is 4.99 Å². The minimum atomic E-state index is 0.788. The summed E-state index contributed by atoms with van der Waals surface area (Å²) in [5.74, 6) is 1.65. The first-order valence-electron chi connectivity index (χ1n) is 7.41. The number of rotatable bonds is 1. The maximum Gasteiger partial charge on any atom is 0.153 e. The fourth-order valence-electron chi connectivity index (χ4n) is 2.86. The van der Waals surface area contributed by atoms with E-state index in [2.05, 4.69) is 37.2 Å². The van der Waals surface area contributed by atoms with Crippen LogP contribution in [0, 0.1) is 0 Å². The molecular formula is C17H16BrN3O. The molecule has 112 valence electrons. The largest absolute Gasteiger partial charge is 0.454 e. The summed E-state index contributed by atoms with van der Waals surface area (Å²) in [6.45, 7) is 4.02. The molecule has 0 amide bonds. The molecule has 4 rings (SSSR count). The van der Waals surface area contributed by atoms with E-state index in [0.29, 0.717) is 0 Å². The number of ether oxygens (including phenoxy) is 1. The summed E-state index contributed by atoms with van der Waals surface area (Å²) in [6, 6.07) is 12.1. The Labute approximate surface area is 137 Å². The van der Waals surface area contributed by atoms with Gasteiger partial charge in [-0.1, -0.05) is 22.0 Å². The van der Waals surface area contributed by atoms with Crippen LogP contribution in [0.5, 0.6) is 11.5 Å². The Morgan fingerprint density at radius 1 is 1.09 bits per heavy atom. The minimum absolute atomic E-state index is 0.788. The van der Waals surface area contributed by atoms with Crippen molar-refractivity contribution >= 4 is 33.5 Å². The molecule has 1 N–H and O–H groups in total. The van der Waals surface area contributed by atoms with Gasteiger partial charge in [-0.2, -0.15) is 0 Å². The lowest BCUT2D eigenvalue weighted by Gasteiger charge is -2.30.